The average Bonchev–Trinajstić information content (AvgIpc) is 0.844. The molecule has 6 aromatic carbocycles. The van der Waals surface area contributed by atoms with E-state index in [0.717, 1.165) is 97.4 Å². The fraction of sp³-hybridized carbons (Fsp3) is 0.384. The Morgan fingerprint density at radius 3 is 1.07 bits per heavy atom. The Bertz CT molecular complexity index is 4520. The number of anilines is 6. The molecule has 6 N–H and O–H groups in total. The average molecular weight is 1490 g/mol. The van der Waals surface area contributed by atoms with Crippen LogP contribution in [0.15, 0.2) is 146 Å². The van der Waals surface area contributed by atoms with Gasteiger partial charge in [-0.2, -0.15) is 29.9 Å². The number of hydrogen-bond donors (Lipinski definition) is 3. The van der Waals surface area contributed by atoms with Crippen LogP contribution in [0.2, 0.25) is 0 Å². The summed E-state index contributed by atoms with van der Waals surface area (Å²) in [6.07, 6.45) is 11.5. The fourth-order valence-corrected chi connectivity index (χ4v) is 14.7. The van der Waals surface area contributed by atoms with Gasteiger partial charge in [0.05, 0.1) is 39.5 Å². The summed E-state index contributed by atoms with van der Waals surface area (Å²) >= 11 is 0. The standard InChI is InChI=1S/C29H33N5O3.C29H35N5O2.C28H31N5O4/c1-2-3-15-37-29-31-26(30)24-17-25(35)28(36)34(27(24)32-29)19-20-9-11-22(12-10-20)23-8-6-7-21(16-23)18-33-13-4-5-14-33;1-2-3-15-36-29-31-27(30)26-17-25(35)20-34(28(26)32-29)19-21-9-11-23(12-10-21)24-8-6-7-22(16-24)18-33-13-4-5-14-33;1-36-13-14-37-28-30-25(29)23-16-24(34)27(35)33(26(23)31-28)18-19-7-9-21(10-8-19)22-6-4-5-20(15-22)17-32-11-2-3-12-32/h6-12,16H,2-5,13-15,17-19H2,1H3,(H2,30,31,32);6-12,16H,2-5,13-15,17-20H2,1H3,(H2,30,31,32);4-10,15H,2-3,11-14,16-18H2,1H3,(H2,29,30,31). The monoisotopic (exact) mass is 1490 g/mol. The van der Waals surface area contributed by atoms with Crippen LogP contribution in [-0.2, 0) is 87.2 Å². The first-order valence-corrected chi connectivity index (χ1v) is 38.7. The van der Waals surface area contributed by atoms with E-state index in [1.54, 1.807) is 7.11 Å². The molecule has 6 aliphatic rings. The number of nitrogens with zero attached hydrogens (tertiary/aromatic N) is 12. The van der Waals surface area contributed by atoms with Gasteiger partial charge >= 0.3 is 18.0 Å². The van der Waals surface area contributed by atoms with Crippen LogP contribution in [0.25, 0.3) is 33.4 Å². The number of aromatic nitrogens is 6. The lowest BCUT2D eigenvalue weighted by Gasteiger charge is -2.30. The smallest absolute Gasteiger partial charge is 0.320 e. The van der Waals surface area contributed by atoms with Crippen LogP contribution >= 0.6 is 0 Å². The van der Waals surface area contributed by atoms with E-state index < -0.39 is 23.4 Å². The Hall–Kier alpha value is -11.1. The third-order valence-electron chi connectivity index (χ3n) is 20.7. The first-order valence-electron chi connectivity index (χ1n) is 38.7. The summed E-state index contributed by atoms with van der Waals surface area (Å²) in [5.74, 6) is -0.165. The molecule has 3 aromatic heterocycles. The van der Waals surface area contributed by atoms with Crippen LogP contribution in [0.3, 0.4) is 0 Å². The molecule has 15 rings (SSSR count). The molecule has 0 spiro atoms. The van der Waals surface area contributed by atoms with Crippen molar-refractivity contribution in [2.24, 2.45) is 0 Å². The third-order valence-corrected chi connectivity index (χ3v) is 20.7. The highest BCUT2D eigenvalue weighted by Gasteiger charge is 2.37. The quantitative estimate of drug-likeness (QED) is 0.0318. The Labute approximate surface area is 643 Å². The lowest BCUT2D eigenvalue weighted by molar-refractivity contribution is -0.136. The minimum Gasteiger partial charge on any atom is -0.463 e. The van der Waals surface area contributed by atoms with E-state index in [1.807, 2.05) is 41.3 Å². The normalized spacial score (nSPS) is 15.8. The maximum Gasteiger partial charge on any atom is 0.320 e. The Kier molecular flexibility index (Phi) is 25.9. The number of benzene rings is 6. The number of carbonyl (C=O) groups is 5. The zero-order valence-electron chi connectivity index (χ0n) is 63.3. The van der Waals surface area contributed by atoms with E-state index in [-0.39, 0.29) is 74.4 Å². The van der Waals surface area contributed by atoms with Gasteiger partial charge in [-0.25, -0.2) is 0 Å². The topological polar surface area (TPSA) is 297 Å². The number of methoxy groups -OCH3 is 1. The molecular formula is C86H99N15O9. The number of fused-ring (bicyclic) bond motifs is 3. The zero-order chi connectivity index (χ0) is 76.5. The molecular weight excluding hydrogens is 1390 g/mol. The summed E-state index contributed by atoms with van der Waals surface area (Å²) in [6, 6.07) is 51.2. The van der Waals surface area contributed by atoms with Crippen LogP contribution in [0.1, 0.15) is 128 Å². The highest BCUT2D eigenvalue weighted by atomic mass is 16.5. The number of ether oxygens (including phenoxy) is 4. The highest BCUT2D eigenvalue weighted by molar-refractivity contribution is 6.43. The molecule has 2 amide bonds. The van der Waals surface area contributed by atoms with Crippen molar-refractivity contribution in [3.8, 4) is 51.4 Å². The molecule has 572 valence electrons. The van der Waals surface area contributed by atoms with Crippen molar-refractivity contribution in [3.05, 3.63) is 196 Å². The van der Waals surface area contributed by atoms with Crippen molar-refractivity contribution in [3.63, 3.8) is 0 Å². The van der Waals surface area contributed by atoms with E-state index in [1.165, 1.54) is 102 Å². The summed E-state index contributed by atoms with van der Waals surface area (Å²) in [7, 11) is 1.56. The highest BCUT2D eigenvalue weighted by Crippen LogP contribution is 2.36. The first-order chi connectivity index (χ1) is 53.6. The maximum atomic E-state index is 12.9. The second-order valence-corrected chi connectivity index (χ2v) is 29.0. The maximum absolute atomic E-state index is 12.9. The van der Waals surface area contributed by atoms with E-state index in [0.29, 0.717) is 72.9 Å². The van der Waals surface area contributed by atoms with Gasteiger partial charge in [-0.1, -0.05) is 154 Å². The van der Waals surface area contributed by atoms with Crippen LogP contribution in [0.5, 0.6) is 18.0 Å². The van der Waals surface area contributed by atoms with Gasteiger partial charge in [-0.3, -0.25) is 48.5 Å². The molecule has 6 aliphatic heterocycles. The van der Waals surface area contributed by atoms with Crippen molar-refractivity contribution in [1.29, 1.82) is 0 Å². The molecule has 0 radical (unpaired) electrons. The van der Waals surface area contributed by atoms with Gasteiger partial charge in [-0.15, -0.1) is 0 Å². The largest absolute Gasteiger partial charge is 0.463 e. The summed E-state index contributed by atoms with van der Waals surface area (Å²) in [5, 5.41) is 0. The minimum atomic E-state index is -0.618. The van der Waals surface area contributed by atoms with Gasteiger partial charge in [0.2, 0.25) is 11.6 Å². The van der Waals surface area contributed by atoms with Crippen LogP contribution in [0, 0.1) is 0 Å². The Morgan fingerprint density at radius 1 is 0.364 bits per heavy atom. The molecule has 24 nitrogen and oxygen atoms in total. The number of likely N-dealkylation sites (tertiary alicyclic amines) is 3. The number of carbonyl (C=O) groups excluding carboxylic acids is 5. The number of Topliss-reactive ketones (excluding diaryl/α,β-unsaturated/α-hetero) is 3. The minimum absolute atomic E-state index is 0.0459. The molecule has 9 aromatic rings. The molecule has 110 heavy (non-hydrogen) atoms. The van der Waals surface area contributed by atoms with Gasteiger partial charge in [-0.05, 0) is 176 Å². The van der Waals surface area contributed by atoms with E-state index in [9.17, 15) is 24.0 Å². The molecule has 0 bridgehead atoms. The third kappa shape index (κ3) is 19.7. The molecule has 0 aliphatic carbocycles. The Morgan fingerprint density at radius 2 is 0.709 bits per heavy atom. The van der Waals surface area contributed by atoms with Gasteiger partial charge in [0.25, 0.3) is 11.8 Å². The number of amides is 2. The summed E-state index contributed by atoms with van der Waals surface area (Å²) < 4.78 is 21.9. The Balaban J connectivity index is 0.000000145. The summed E-state index contributed by atoms with van der Waals surface area (Å²) in [6.45, 7) is 17.1. The lowest BCUT2D eigenvalue weighted by Crippen LogP contribution is -2.42. The van der Waals surface area contributed by atoms with Gasteiger partial charge < -0.3 is 41.0 Å². The second-order valence-electron chi connectivity index (χ2n) is 29.0. The predicted octanol–water partition coefficient (Wildman–Crippen LogP) is 11.8. The number of nitrogen functional groups attached to an aromatic ring is 3. The molecule has 3 fully saturated rings. The van der Waals surface area contributed by atoms with Crippen LogP contribution in [0.4, 0.5) is 34.9 Å². The summed E-state index contributed by atoms with van der Waals surface area (Å²) in [5.41, 5.74) is 33.8. The SMILES string of the molecule is CCCCOc1nc(N)c2c(n1)N(Cc1ccc(-c3cccc(CN4CCCC4)c3)cc1)C(=O)C(=O)C2.CCCCOc1nc(N)c2c(n1)N(Cc1ccc(-c3cccc(CN4CCCC4)c3)cc1)CC(=O)C2.COCCOc1nc(N)c2c(n1)N(Cc1ccc(-c3cccc(CN4CCCC4)c3)cc1)C(=O)C(=O)C2. The van der Waals surface area contributed by atoms with Gasteiger partial charge in [0.15, 0.2) is 5.78 Å². The molecule has 24 heteroatoms. The molecule has 0 unspecified atom stereocenters. The van der Waals surface area contributed by atoms with Crippen molar-refractivity contribution in [2.45, 2.75) is 137 Å². The van der Waals surface area contributed by atoms with E-state index in [2.05, 4.69) is 168 Å². The first kappa shape index (κ1) is 77.1. The van der Waals surface area contributed by atoms with Crippen molar-refractivity contribution < 1.29 is 42.9 Å². The lowest BCUT2D eigenvalue weighted by atomic mass is 10.0. The van der Waals surface area contributed by atoms with Gasteiger partial charge in [0, 0.05) is 69.2 Å². The van der Waals surface area contributed by atoms with Crippen molar-refractivity contribution in [2.75, 3.05) is 111 Å². The predicted molar refractivity (Wildman–Crippen MR) is 426 cm³/mol. The van der Waals surface area contributed by atoms with Gasteiger partial charge in [0.1, 0.15) is 41.5 Å². The number of unbranched alkanes of at least 4 members (excludes halogenated alkanes) is 2. The van der Waals surface area contributed by atoms with Crippen molar-refractivity contribution in [1.82, 2.24) is 44.6 Å². The van der Waals surface area contributed by atoms with Crippen LogP contribution in [-0.4, -0.2) is 153 Å². The molecule has 0 atom stereocenters. The summed E-state index contributed by atoms with van der Waals surface area (Å²) in [4.78, 5) is 101. The molecule has 3 saturated heterocycles. The van der Waals surface area contributed by atoms with E-state index in [4.69, 9.17) is 36.1 Å². The number of nitrogens with two attached hydrogens (primary N) is 3. The van der Waals surface area contributed by atoms with Crippen molar-refractivity contribution >= 4 is 64.1 Å². The molecule has 0 saturated carbocycles. The van der Waals surface area contributed by atoms with E-state index >= 15 is 0 Å². The number of rotatable bonds is 27. The zero-order valence-corrected chi connectivity index (χ0v) is 63.3. The number of ketones is 3. The fourth-order valence-electron chi connectivity index (χ4n) is 14.7. The molecule has 9 heterocycles. The number of hydrogen-bond acceptors (Lipinski definition) is 22. The second kappa shape index (κ2) is 36.9. The van der Waals surface area contributed by atoms with Crippen LogP contribution < -0.4 is 46.1 Å².